The predicted molar refractivity (Wildman–Crippen MR) is 77.9 cm³/mol. The Balaban J connectivity index is 2.08. The summed E-state index contributed by atoms with van der Waals surface area (Å²) in [5.41, 5.74) is 1.29. The fourth-order valence-corrected chi connectivity index (χ4v) is 1.89. The molecule has 20 heavy (non-hydrogen) atoms. The number of aromatic nitrogens is 1. The quantitative estimate of drug-likeness (QED) is 0.859. The van der Waals surface area contributed by atoms with E-state index in [2.05, 4.69) is 22.7 Å². The van der Waals surface area contributed by atoms with E-state index in [1.807, 2.05) is 0 Å². The Hall–Kier alpha value is -2.01. The summed E-state index contributed by atoms with van der Waals surface area (Å²) in [7, 11) is 0. The number of halogens is 1. The highest BCUT2D eigenvalue weighted by atomic mass is 35.5. The molecule has 0 fully saturated rings. The molecule has 5 nitrogen and oxygen atoms in total. The molecule has 0 bridgehead atoms. The first kappa shape index (κ1) is 14.4. The number of carbonyl (C=O) groups is 1. The van der Waals surface area contributed by atoms with E-state index in [1.165, 1.54) is 6.20 Å². The van der Waals surface area contributed by atoms with Gasteiger partial charge in [-0.15, -0.1) is 0 Å². The summed E-state index contributed by atoms with van der Waals surface area (Å²) in [6.45, 7) is 3.15. The molecule has 0 radical (unpaired) electrons. The van der Waals surface area contributed by atoms with Gasteiger partial charge in [0.25, 0.3) is 5.91 Å². The van der Waals surface area contributed by atoms with Crippen molar-refractivity contribution in [2.45, 2.75) is 19.9 Å². The molecule has 0 saturated carbocycles. The molecule has 0 spiro atoms. The normalized spacial score (nSPS) is 10.3. The summed E-state index contributed by atoms with van der Waals surface area (Å²) in [5, 5.41) is 10.1. The van der Waals surface area contributed by atoms with Crippen LogP contribution in [0.25, 0.3) is 0 Å². The molecule has 0 aliphatic rings. The molecule has 0 atom stereocenters. The second-order valence-corrected chi connectivity index (χ2v) is 4.71. The molecule has 1 amide bonds. The van der Waals surface area contributed by atoms with Gasteiger partial charge in [0.2, 0.25) is 0 Å². The van der Waals surface area contributed by atoms with Crippen molar-refractivity contribution < 1.29 is 9.32 Å². The van der Waals surface area contributed by atoms with Gasteiger partial charge < -0.3 is 15.2 Å². The van der Waals surface area contributed by atoms with Gasteiger partial charge in [-0.3, -0.25) is 4.79 Å². The largest absolute Gasteiger partial charge is 0.384 e. The highest BCUT2D eigenvalue weighted by Gasteiger charge is 2.12. The van der Waals surface area contributed by atoms with E-state index in [4.69, 9.17) is 16.1 Å². The molecule has 6 heteroatoms. The Morgan fingerprint density at radius 1 is 1.40 bits per heavy atom. The Morgan fingerprint density at radius 3 is 2.95 bits per heavy atom. The number of anilines is 1. The Labute approximate surface area is 122 Å². The maximum absolute atomic E-state index is 12.2. The van der Waals surface area contributed by atoms with Crippen LogP contribution in [-0.2, 0) is 6.54 Å². The van der Waals surface area contributed by atoms with Crippen LogP contribution in [0.1, 0.15) is 29.5 Å². The lowest BCUT2D eigenvalue weighted by Crippen LogP contribution is -2.24. The molecule has 0 aliphatic heterocycles. The van der Waals surface area contributed by atoms with Crippen molar-refractivity contribution in [1.29, 1.82) is 0 Å². The van der Waals surface area contributed by atoms with Crippen LogP contribution in [0, 0.1) is 0 Å². The highest BCUT2D eigenvalue weighted by molar-refractivity contribution is 6.31. The van der Waals surface area contributed by atoms with Gasteiger partial charge in [0.15, 0.2) is 5.76 Å². The number of rotatable bonds is 6. The molecule has 2 N–H and O–H groups in total. The number of nitrogens with zero attached hydrogens (tertiary/aromatic N) is 1. The molecule has 106 valence electrons. The van der Waals surface area contributed by atoms with E-state index in [-0.39, 0.29) is 5.91 Å². The number of carbonyl (C=O) groups excluding carboxylic acids is 1. The number of hydrogen-bond donors (Lipinski definition) is 2. The summed E-state index contributed by atoms with van der Waals surface area (Å²) in [4.78, 5) is 12.2. The second kappa shape index (κ2) is 6.96. The Bertz CT molecular complexity index is 570. The molecule has 0 saturated heterocycles. The fraction of sp³-hybridized carbons (Fsp3) is 0.286. The lowest BCUT2D eigenvalue weighted by molar-refractivity contribution is 0.0948. The molecular weight excluding hydrogens is 278 g/mol. The molecule has 1 heterocycles. The minimum atomic E-state index is -0.206. The predicted octanol–water partition coefficient (Wildman–Crippen LogP) is 3.08. The molecule has 2 rings (SSSR count). The van der Waals surface area contributed by atoms with Gasteiger partial charge >= 0.3 is 0 Å². The Kier molecular flexibility index (Phi) is 5.01. The van der Waals surface area contributed by atoms with Crippen molar-refractivity contribution in [3.05, 3.63) is 46.8 Å². The molecular formula is C14H16ClN3O2. The lowest BCUT2D eigenvalue weighted by Gasteiger charge is -2.11. The topological polar surface area (TPSA) is 67.2 Å². The third-order valence-electron chi connectivity index (χ3n) is 2.71. The van der Waals surface area contributed by atoms with Gasteiger partial charge in [0, 0.05) is 23.3 Å². The van der Waals surface area contributed by atoms with Crippen LogP contribution < -0.4 is 10.6 Å². The van der Waals surface area contributed by atoms with Crippen molar-refractivity contribution in [3.63, 3.8) is 0 Å². The van der Waals surface area contributed by atoms with Gasteiger partial charge in [-0.25, -0.2) is 0 Å². The summed E-state index contributed by atoms with van der Waals surface area (Å²) in [5.74, 6) is 0.394. The van der Waals surface area contributed by atoms with Crippen molar-refractivity contribution in [1.82, 2.24) is 10.5 Å². The van der Waals surface area contributed by atoms with Gasteiger partial charge in [0.1, 0.15) is 0 Å². The van der Waals surface area contributed by atoms with Crippen molar-refractivity contribution in [2.75, 3.05) is 11.9 Å². The molecule has 1 aromatic heterocycles. The first-order chi connectivity index (χ1) is 9.70. The smallest absolute Gasteiger partial charge is 0.253 e. The number of hydrogen-bond acceptors (Lipinski definition) is 4. The van der Waals surface area contributed by atoms with E-state index in [0.29, 0.717) is 22.9 Å². The first-order valence-electron chi connectivity index (χ1n) is 6.42. The third kappa shape index (κ3) is 3.74. The molecule has 1 aromatic carbocycles. The minimum absolute atomic E-state index is 0.206. The van der Waals surface area contributed by atoms with Crippen LogP contribution in [0.2, 0.25) is 5.02 Å². The number of amides is 1. The minimum Gasteiger partial charge on any atom is -0.384 e. The summed E-state index contributed by atoms with van der Waals surface area (Å²) in [6.07, 6.45) is 2.51. The monoisotopic (exact) mass is 293 g/mol. The molecule has 0 aliphatic carbocycles. The molecule has 0 unspecified atom stereocenters. The third-order valence-corrected chi connectivity index (χ3v) is 2.94. The highest BCUT2D eigenvalue weighted by Crippen LogP contribution is 2.20. The van der Waals surface area contributed by atoms with Crippen molar-refractivity contribution in [2.24, 2.45) is 0 Å². The zero-order valence-electron chi connectivity index (χ0n) is 11.1. The maximum atomic E-state index is 12.2. The number of benzene rings is 1. The van der Waals surface area contributed by atoms with E-state index in [0.717, 1.165) is 18.7 Å². The van der Waals surface area contributed by atoms with Crippen LogP contribution in [0.4, 0.5) is 5.69 Å². The summed E-state index contributed by atoms with van der Waals surface area (Å²) in [6, 6.07) is 6.91. The Morgan fingerprint density at radius 2 is 2.25 bits per heavy atom. The SMILES string of the molecule is CCCNc1ccc(Cl)cc1C(=O)NCc1ccno1. The standard InChI is InChI=1S/C14H16ClN3O2/c1-2-6-16-13-4-3-10(15)8-12(13)14(19)17-9-11-5-7-18-20-11/h3-5,7-8,16H,2,6,9H2,1H3,(H,17,19). The summed E-state index contributed by atoms with van der Waals surface area (Å²) >= 11 is 5.96. The average molecular weight is 294 g/mol. The summed E-state index contributed by atoms with van der Waals surface area (Å²) < 4.78 is 4.93. The van der Waals surface area contributed by atoms with Gasteiger partial charge in [0.05, 0.1) is 18.3 Å². The zero-order valence-corrected chi connectivity index (χ0v) is 11.9. The van der Waals surface area contributed by atoms with Crippen LogP contribution in [-0.4, -0.2) is 17.6 Å². The van der Waals surface area contributed by atoms with E-state index in [1.54, 1.807) is 24.3 Å². The van der Waals surface area contributed by atoms with Crippen LogP contribution in [0.3, 0.4) is 0 Å². The van der Waals surface area contributed by atoms with E-state index >= 15 is 0 Å². The van der Waals surface area contributed by atoms with Crippen molar-refractivity contribution >= 4 is 23.2 Å². The van der Waals surface area contributed by atoms with Crippen LogP contribution in [0.5, 0.6) is 0 Å². The lowest BCUT2D eigenvalue weighted by atomic mass is 10.1. The average Bonchev–Trinajstić information content (AvgIpc) is 2.96. The maximum Gasteiger partial charge on any atom is 0.253 e. The number of nitrogens with one attached hydrogen (secondary N) is 2. The van der Waals surface area contributed by atoms with Gasteiger partial charge in [-0.05, 0) is 24.6 Å². The second-order valence-electron chi connectivity index (χ2n) is 4.28. The van der Waals surface area contributed by atoms with E-state index < -0.39 is 0 Å². The van der Waals surface area contributed by atoms with Gasteiger partial charge in [-0.1, -0.05) is 23.7 Å². The van der Waals surface area contributed by atoms with Crippen LogP contribution >= 0.6 is 11.6 Å². The van der Waals surface area contributed by atoms with Crippen molar-refractivity contribution in [3.8, 4) is 0 Å². The molecule has 2 aromatic rings. The zero-order chi connectivity index (χ0) is 14.4. The van der Waals surface area contributed by atoms with Gasteiger partial charge in [-0.2, -0.15) is 0 Å². The van der Waals surface area contributed by atoms with Crippen LogP contribution in [0.15, 0.2) is 35.0 Å². The fourth-order valence-electron chi connectivity index (χ4n) is 1.71. The van der Waals surface area contributed by atoms with E-state index in [9.17, 15) is 4.79 Å². The first-order valence-corrected chi connectivity index (χ1v) is 6.79.